The highest BCUT2D eigenvalue weighted by Gasteiger charge is 2.29. The van der Waals surface area contributed by atoms with Gasteiger partial charge in [-0.05, 0) is 32.5 Å². The smallest absolute Gasteiger partial charge is 0.325 e. The number of hydrogen-bond acceptors (Lipinski definition) is 4. The van der Waals surface area contributed by atoms with E-state index >= 15 is 0 Å². The molecule has 118 valence electrons. The summed E-state index contributed by atoms with van der Waals surface area (Å²) in [6.07, 6.45) is 1.91. The van der Waals surface area contributed by atoms with Gasteiger partial charge in [-0.1, -0.05) is 32.4 Å². The molecule has 0 saturated heterocycles. The van der Waals surface area contributed by atoms with Gasteiger partial charge in [0.15, 0.2) is 11.5 Å². The van der Waals surface area contributed by atoms with E-state index in [1.165, 1.54) is 0 Å². The standard InChI is InChI=1S/C16H25NO4/c1-4-7-11-17(5-2)14(16(19)20)12-9-8-10-13(15(12)18)21-6-3/h8-10,14,18H,4-7,11H2,1-3H3,(H,19,20). The summed E-state index contributed by atoms with van der Waals surface area (Å²) in [6.45, 7) is 7.52. The number of carboxylic acid groups (broad SMARTS) is 1. The van der Waals surface area contributed by atoms with Crippen LogP contribution in [0.15, 0.2) is 18.2 Å². The van der Waals surface area contributed by atoms with Gasteiger partial charge in [0.1, 0.15) is 6.04 Å². The van der Waals surface area contributed by atoms with Crippen molar-refractivity contribution < 1.29 is 19.7 Å². The summed E-state index contributed by atoms with van der Waals surface area (Å²) < 4.78 is 5.34. The maximum absolute atomic E-state index is 11.7. The molecule has 0 fully saturated rings. The lowest BCUT2D eigenvalue weighted by Crippen LogP contribution is -2.34. The van der Waals surface area contributed by atoms with E-state index in [-0.39, 0.29) is 5.75 Å². The fraction of sp³-hybridized carbons (Fsp3) is 0.562. The Kier molecular flexibility index (Phi) is 7.02. The zero-order valence-electron chi connectivity index (χ0n) is 13.0. The van der Waals surface area contributed by atoms with Gasteiger partial charge in [0, 0.05) is 5.56 Å². The third kappa shape index (κ3) is 4.36. The fourth-order valence-corrected chi connectivity index (χ4v) is 2.35. The Bertz CT molecular complexity index is 462. The first kappa shape index (κ1) is 17.3. The molecule has 1 aromatic rings. The number of aromatic hydroxyl groups is 1. The lowest BCUT2D eigenvalue weighted by Gasteiger charge is -2.28. The van der Waals surface area contributed by atoms with Crippen LogP contribution >= 0.6 is 0 Å². The minimum Gasteiger partial charge on any atom is -0.504 e. The van der Waals surface area contributed by atoms with Gasteiger partial charge in [-0.2, -0.15) is 0 Å². The summed E-state index contributed by atoms with van der Waals surface area (Å²) in [7, 11) is 0. The molecule has 2 N–H and O–H groups in total. The van der Waals surface area contributed by atoms with Gasteiger partial charge in [-0.15, -0.1) is 0 Å². The number of para-hydroxylation sites is 1. The number of carboxylic acids is 1. The van der Waals surface area contributed by atoms with Crippen molar-refractivity contribution in [3.05, 3.63) is 23.8 Å². The Labute approximate surface area is 126 Å². The molecule has 1 aromatic carbocycles. The Balaban J connectivity index is 3.15. The van der Waals surface area contributed by atoms with Crippen molar-refractivity contribution in [3.8, 4) is 11.5 Å². The predicted octanol–water partition coefficient (Wildman–Crippen LogP) is 3.04. The molecule has 5 heteroatoms. The van der Waals surface area contributed by atoms with E-state index in [4.69, 9.17) is 4.74 Å². The van der Waals surface area contributed by atoms with Crippen LogP contribution in [0.3, 0.4) is 0 Å². The van der Waals surface area contributed by atoms with Crippen LogP contribution in [0.4, 0.5) is 0 Å². The Hall–Kier alpha value is -1.75. The minimum atomic E-state index is -0.961. The number of benzene rings is 1. The first-order valence-corrected chi connectivity index (χ1v) is 7.48. The van der Waals surface area contributed by atoms with E-state index in [1.807, 2.05) is 18.7 Å². The number of ether oxygens (including phenoxy) is 1. The largest absolute Gasteiger partial charge is 0.504 e. The number of aliphatic carboxylic acids is 1. The topological polar surface area (TPSA) is 70.0 Å². The van der Waals surface area contributed by atoms with Crippen molar-refractivity contribution in [1.82, 2.24) is 4.90 Å². The second-order valence-electron chi connectivity index (χ2n) is 4.85. The lowest BCUT2D eigenvalue weighted by atomic mass is 10.0. The van der Waals surface area contributed by atoms with Crippen LogP contribution in [-0.4, -0.2) is 40.8 Å². The SMILES string of the molecule is CCCCN(CC)C(C(=O)O)c1cccc(OCC)c1O. The number of phenolic OH excluding ortho intramolecular Hbond substituents is 1. The first-order chi connectivity index (χ1) is 10.1. The monoisotopic (exact) mass is 295 g/mol. The number of likely N-dealkylation sites (N-methyl/N-ethyl adjacent to an activating group) is 1. The third-order valence-electron chi connectivity index (χ3n) is 3.43. The first-order valence-electron chi connectivity index (χ1n) is 7.48. The summed E-state index contributed by atoms with van der Waals surface area (Å²) in [5.74, 6) is -0.716. The van der Waals surface area contributed by atoms with Crippen LogP contribution in [0, 0.1) is 0 Å². The Morgan fingerprint density at radius 3 is 2.57 bits per heavy atom. The van der Waals surface area contributed by atoms with Gasteiger partial charge in [-0.3, -0.25) is 9.69 Å². The van der Waals surface area contributed by atoms with E-state index < -0.39 is 12.0 Å². The summed E-state index contributed by atoms with van der Waals surface area (Å²) in [5, 5.41) is 19.9. The zero-order valence-corrected chi connectivity index (χ0v) is 13.0. The highest BCUT2D eigenvalue weighted by Crippen LogP contribution is 2.36. The minimum absolute atomic E-state index is 0.0818. The van der Waals surface area contributed by atoms with E-state index in [1.54, 1.807) is 18.2 Å². The summed E-state index contributed by atoms with van der Waals surface area (Å²) >= 11 is 0. The molecule has 0 radical (unpaired) electrons. The average molecular weight is 295 g/mol. The molecule has 0 spiro atoms. The molecule has 5 nitrogen and oxygen atoms in total. The number of nitrogens with zero attached hydrogens (tertiary/aromatic N) is 1. The quantitative estimate of drug-likeness (QED) is 0.733. The highest BCUT2D eigenvalue weighted by atomic mass is 16.5. The number of unbranched alkanes of at least 4 members (excludes halogenated alkanes) is 1. The molecule has 0 amide bonds. The highest BCUT2D eigenvalue weighted by molar-refractivity contribution is 5.77. The van der Waals surface area contributed by atoms with Gasteiger partial charge in [-0.25, -0.2) is 0 Å². The summed E-state index contributed by atoms with van der Waals surface area (Å²) in [5.41, 5.74) is 0.381. The van der Waals surface area contributed by atoms with Gasteiger partial charge in [0.25, 0.3) is 0 Å². The molecule has 0 aliphatic carbocycles. The number of carbonyl (C=O) groups is 1. The van der Waals surface area contributed by atoms with Crippen LogP contribution in [-0.2, 0) is 4.79 Å². The maximum Gasteiger partial charge on any atom is 0.325 e. The van der Waals surface area contributed by atoms with Crippen LogP contribution < -0.4 is 4.74 Å². The number of phenols is 1. The van der Waals surface area contributed by atoms with Crippen LogP contribution in [0.1, 0.15) is 45.2 Å². The van der Waals surface area contributed by atoms with Crippen molar-refractivity contribution in [2.24, 2.45) is 0 Å². The van der Waals surface area contributed by atoms with Crippen molar-refractivity contribution >= 4 is 5.97 Å². The van der Waals surface area contributed by atoms with Gasteiger partial charge >= 0.3 is 5.97 Å². The fourth-order valence-electron chi connectivity index (χ4n) is 2.35. The van der Waals surface area contributed by atoms with Crippen LogP contribution in [0.5, 0.6) is 11.5 Å². The summed E-state index contributed by atoms with van der Waals surface area (Å²) in [4.78, 5) is 13.5. The Morgan fingerprint density at radius 2 is 2.05 bits per heavy atom. The normalized spacial score (nSPS) is 12.4. The molecule has 0 bridgehead atoms. The van der Waals surface area contributed by atoms with E-state index in [9.17, 15) is 15.0 Å². The van der Waals surface area contributed by atoms with Crippen LogP contribution in [0.2, 0.25) is 0 Å². The molecule has 0 aliphatic heterocycles. The van der Waals surface area contributed by atoms with Crippen LogP contribution in [0.25, 0.3) is 0 Å². The molecule has 0 aliphatic rings. The molecule has 0 aromatic heterocycles. The van der Waals surface area contributed by atoms with Crippen molar-refractivity contribution in [1.29, 1.82) is 0 Å². The zero-order chi connectivity index (χ0) is 15.8. The lowest BCUT2D eigenvalue weighted by molar-refractivity contribution is -0.143. The molecule has 1 unspecified atom stereocenters. The van der Waals surface area contributed by atoms with Crippen molar-refractivity contribution in [2.75, 3.05) is 19.7 Å². The van der Waals surface area contributed by atoms with E-state index in [0.29, 0.717) is 31.0 Å². The predicted molar refractivity (Wildman–Crippen MR) is 81.8 cm³/mol. The van der Waals surface area contributed by atoms with Gasteiger partial charge in [0.2, 0.25) is 0 Å². The molecule has 1 atom stereocenters. The molecule has 1 rings (SSSR count). The molecule has 21 heavy (non-hydrogen) atoms. The molecule has 0 saturated carbocycles. The van der Waals surface area contributed by atoms with E-state index in [2.05, 4.69) is 6.92 Å². The average Bonchev–Trinajstić information content (AvgIpc) is 2.46. The second kappa shape index (κ2) is 8.52. The Morgan fingerprint density at radius 1 is 1.33 bits per heavy atom. The van der Waals surface area contributed by atoms with Crippen molar-refractivity contribution in [3.63, 3.8) is 0 Å². The third-order valence-corrected chi connectivity index (χ3v) is 3.43. The van der Waals surface area contributed by atoms with Gasteiger partial charge in [0.05, 0.1) is 6.61 Å². The molecular weight excluding hydrogens is 270 g/mol. The number of rotatable bonds is 9. The maximum atomic E-state index is 11.7. The summed E-state index contributed by atoms with van der Waals surface area (Å²) in [6, 6.07) is 4.14. The molecular formula is C16H25NO4. The number of hydrogen-bond donors (Lipinski definition) is 2. The second-order valence-corrected chi connectivity index (χ2v) is 4.85. The van der Waals surface area contributed by atoms with E-state index in [0.717, 1.165) is 12.8 Å². The van der Waals surface area contributed by atoms with Crippen molar-refractivity contribution in [2.45, 2.75) is 39.7 Å². The molecule has 0 heterocycles. The van der Waals surface area contributed by atoms with Gasteiger partial charge < -0.3 is 14.9 Å².